The molecular formula is C17H16ClF3O2. The predicted octanol–water partition coefficient (Wildman–Crippen LogP) is 5.52. The number of hydrogen-bond donors (Lipinski definition) is 0. The lowest BCUT2D eigenvalue weighted by Gasteiger charge is -2.33. The van der Waals surface area contributed by atoms with E-state index < -0.39 is 11.7 Å². The van der Waals surface area contributed by atoms with Crippen LogP contribution in [0.15, 0.2) is 35.6 Å². The first-order valence-corrected chi connectivity index (χ1v) is 7.99. The minimum Gasteiger partial charge on any atom is -0.485 e. The molecule has 0 bridgehead atoms. The smallest absolute Gasteiger partial charge is 0.416 e. The zero-order valence-corrected chi connectivity index (χ0v) is 13.3. The third-order valence-electron chi connectivity index (χ3n) is 3.99. The maximum absolute atomic E-state index is 12.9. The largest absolute Gasteiger partial charge is 0.485 e. The summed E-state index contributed by atoms with van der Waals surface area (Å²) >= 11 is 5.87. The maximum Gasteiger partial charge on any atom is 0.416 e. The Bertz CT molecular complexity index is 677. The van der Waals surface area contributed by atoms with Gasteiger partial charge in [-0.2, -0.15) is 13.2 Å². The topological polar surface area (TPSA) is 18.5 Å². The molecule has 0 aliphatic carbocycles. The molecule has 0 saturated carbocycles. The standard InChI is InChI=1S/C17H16ClF3O2/c1-2-3-14-13-6-10(8-18)9-22-16(13)12-5-4-11(17(19,20)21)7-15(12)23-14/h4-5,7,9,14H,2-3,6,8H2,1H3. The van der Waals surface area contributed by atoms with Crippen molar-refractivity contribution < 1.29 is 22.6 Å². The summed E-state index contributed by atoms with van der Waals surface area (Å²) in [6.07, 6.45) is -0.890. The maximum atomic E-state index is 12.9. The quantitative estimate of drug-likeness (QED) is 0.672. The van der Waals surface area contributed by atoms with E-state index in [1.54, 1.807) is 6.26 Å². The van der Waals surface area contributed by atoms with Gasteiger partial charge < -0.3 is 9.47 Å². The third kappa shape index (κ3) is 3.07. The van der Waals surface area contributed by atoms with E-state index in [0.717, 1.165) is 29.7 Å². The van der Waals surface area contributed by atoms with Gasteiger partial charge in [-0.3, -0.25) is 0 Å². The Kier molecular flexibility index (Phi) is 4.32. The normalized spacial score (nSPS) is 20.2. The van der Waals surface area contributed by atoms with Crippen molar-refractivity contribution in [3.8, 4) is 5.75 Å². The molecule has 3 rings (SSSR count). The van der Waals surface area contributed by atoms with Gasteiger partial charge in [-0.1, -0.05) is 13.3 Å². The molecule has 6 heteroatoms. The van der Waals surface area contributed by atoms with Gasteiger partial charge in [-0.05, 0) is 30.2 Å². The summed E-state index contributed by atoms with van der Waals surface area (Å²) in [5.74, 6) is 1.18. The van der Waals surface area contributed by atoms with Crippen LogP contribution in [0.1, 0.15) is 37.3 Å². The Morgan fingerprint density at radius 1 is 1.30 bits per heavy atom. The number of ether oxygens (including phenoxy) is 2. The zero-order chi connectivity index (χ0) is 16.6. The van der Waals surface area contributed by atoms with E-state index in [1.807, 2.05) is 6.92 Å². The van der Waals surface area contributed by atoms with E-state index >= 15 is 0 Å². The van der Waals surface area contributed by atoms with Gasteiger partial charge in [0.1, 0.15) is 17.6 Å². The monoisotopic (exact) mass is 344 g/mol. The van der Waals surface area contributed by atoms with E-state index in [9.17, 15) is 13.2 Å². The van der Waals surface area contributed by atoms with E-state index in [4.69, 9.17) is 21.1 Å². The predicted molar refractivity (Wildman–Crippen MR) is 82.2 cm³/mol. The molecule has 1 atom stereocenters. The molecular weight excluding hydrogens is 329 g/mol. The van der Waals surface area contributed by atoms with Gasteiger partial charge in [0.2, 0.25) is 0 Å². The molecule has 0 amide bonds. The van der Waals surface area contributed by atoms with Crippen LogP contribution in [0.4, 0.5) is 13.2 Å². The summed E-state index contributed by atoms with van der Waals surface area (Å²) in [7, 11) is 0. The van der Waals surface area contributed by atoms with Crippen molar-refractivity contribution in [2.75, 3.05) is 5.88 Å². The van der Waals surface area contributed by atoms with Crippen LogP contribution in [0.5, 0.6) is 5.75 Å². The molecule has 0 radical (unpaired) electrons. The SMILES string of the molecule is CCCC1Oc2cc(C(F)(F)F)ccc2C2=C1CC(CCl)=CO2. The highest BCUT2D eigenvalue weighted by Crippen LogP contribution is 2.44. The van der Waals surface area contributed by atoms with Crippen molar-refractivity contribution in [2.24, 2.45) is 0 Å². The molecule has 1 aromatic carbocycles. The molecule has 0 N–H and O–H groups in total. The average Bonchev–Trinajstić information content (AvgIpc) is 2.53. The van der Waals surface area contributed by atoms with E-state index in [-0.39, 0.29) is 11.9 Å². The van der Waals surface area contributed by atoms with Crippen molar-refractivity contribution in [3.63, 3.8) is 0 Å². The summed E-state index contributed by atoms with van der Waals surface area (Å²) in [6.45, 7) is 2.01. The summed E-state index contributed by atoms with van der Waals surface area (Å²) in [5.41, 5.74) is 1.73. The molecule has 2 aliphatic rings. The number of hydrogen-bond acceptors (Lipinski definition) is 2. The second-order valence-corrected chi connectivity index (χ2v) is 5.93. The first kappa shape index (κ1) is 16.2. The Morgan fingerprint density at radius 3 is 2.74 bits per heavy atom. The Labute approximate surface area is 137 Å². The number of rotatable bonds is 3. The lowest BCUT2D eigenvalue weighted by atomic mass is 9.90. The first-order valence-electron chi connectivity index (χ1n) is 7.46. The lowest BCUT2D eigenvalue weighted by molar-refractivity contribution is -0.137. The van der Waals surface area contributed by atoms with Crippen LogP contribution in [-0.2, 0) is 10.9 Å². The van der Waals surface area contributed by atoms with Crippen molar-refractivity contribution in [3.05, 3.63) is 46.7 Å². The van der Waals surface area contributed by atoms with E-state index in [0.29, 0.717) is 30.0 Å². The molecule has 2 nitrogen and oxygen atoms in total. The number of fused-ring (bicyclic) bond motifs is 2. The van der Waals surface area contributed by atoms with Crippen LogP contribution >= 0.6 is 11.6 Å². The van der Waals surface area contributed by atoms with Gasteiger partial charge in [0.25, 0.3) is 0 Å². The van der Waals surface area contributed by atoms with Crippen LogP contribution in [0, 0.1) is 0 Å². The number of alkyl halides is 4. The highest BCUT2D eigenvalue weighted by atomic mass is 35.5. The summed E-state index contributed by atoms with van der Waals surface area (Å²) in [6, 6.07) is 3.51. The van der Waals surface area contributed by atoms with Crippen LogP contribution < -0.4 is 4.74 Å². The minimum atomic E-state index is -4.40. The molecule has 1 aromatic rings. The highest BCUT2D eigenvalue weighted by Gasteiger charge is 2.36. The summed E-state index contributed by atoms with van der Waals surface area (Å²) < 4.78 is 50.3. The fourth-order valence-corrected chi connectivity index (χ4v) is 3.02. The van der Waals surface area contributed by atoms with Gasteiger partial charge >= 0.3 is 6.18 Å². The zero-order valence-electron chi connectivity index (χ0n) is 12.5. The van der Waals surface area contributed by atoms with Crippen LogP contribution in [-0.4, -0.2) is 12.0 Å². The average molecular weight is 345 g/mol. The van der Waals surface area contributed by atoms with Crippen LogP contribution in [0.3, 0.4) is 0 Å². The van der Waals surface area contributed by atoms with Gasteiger partial charge in [-0.15, -0.1) is 11.6 Å². The molecule has 0 aromatic heterocycles. The minimum absolute atomic E-state index is 0.222. The number of benzene rings is 1. The van der Waals surface area contributed by atoms with Crippen LogP contribution in [0.2, 0.25) is 0 Å². The molecule has 0 saturated heterocycles. The Hall–Kier alpha value is -1.62. The first-order chi connectivity index (χ1) is 10.9. The second-order valence-electron chi connectivity index (χ2n) is 5.66. The van der Waals surface area contributed by atoms with E-state index in [2.05, 4.69) is 0 Å². The fraction of sp³-hybridized carbons (Fsp3) is 0.412. The molecule has 1 unspecified atom stereocenters. The van der Waals surface area contributed by atoms with Crippen LogP contribution in [0.25, 0.3) is 5.76 Å². The van der Waals surface area contributed by atoms with Crippen molar-refractivity contribution in [1.29, 1.82) is 0 Å². The van der Waals surface area contributed by atoms with Gasteiger partial charge in [0.05, 0.1) is 17.4 Å². The lowest BCUT2D eigenvalue weighted by Crippen LogP contribution is -2.27. The second kappa shape index (κ2) is 6.11. The van der Waals surface area contributed by atoms with Gasteiger partial charge in [0, 0.05) is 17.9 Å². The van der Waals surface area contributed by atoms with Crippen molar-refractivity contribution >= 4 is 17.4 Å². The van der Waals surface area contributed by atoms with Crippen molar-refractivity contribution in [2.45, 2.75) is 38.5 Å². The van der Waals surface area contributed by atoms with Crippen molar-refractivity contribution in [1.82, 2.24) is 0 Å². The number of allylic oxidation sites excluding steroid dienone is 1. The molecule has 124 valence electrons. The summed E-state index contributed by atoms with van der Waals surface area (Å²) in [5, 5.41) is 0. The van der Waals surface area contributed by atoms with Gasteiger partial charge in [0.15, 0.2) is 0 Å². The fourth-order valence-electron chi connectivity index (χ4n) is 2.86. The highest BCUT2D eigenvalue weighted by molar-refractivity contribution is 6.19. The third-order valence-corrected chi connectivity index (χ3v) is 4.33. The number of halogens is 4. The van der Waals surface area contributed by atoms with E-state index in [1.165, 1.54) is 6.07 Å². The molecule has 23 heavy (non-hydrogen) atoms. The molecule has 0 spiro atoms. The summed E-state index contributed by atoms with van der Waals surface area (Å²) in [4.78, 5) is 0. The van der Waals surface area contributed by atoms with Gasteiger partial charge in [-0.25, -0.2) is 0 Å². The molecule has 2 aliphatic heterocycles. The molecule has 2 heterocycles. The Morgan fingerprint density at radius 2 is 2.09 bits per heavy atom. The molecule has 0 fully saturated rings. The Balaban J connectivity index is 2.04.